The number of ketones is 1. The lowest BCUT2D eigenvalue weighted by Gasteiger charge is -2.28. The van der Waals surface area contributed by atoms with Gasteiger partial charge in [-0.1, -0.05) is 36.4 Å². The van der Waals surface area contributed by atoms with E-state index in [2.05, 4.69) is 0 Å². The van der Waals surface area contributed by atoms with Gasteiger partial charge in [0.15, 0.2) is 5.78 Å². The largest absolute Gasteiger partial charge is 0.439 e. The predicted molar refractivity (Wildman–Crippen MR) is 76.7 cm³/mol. The van der Waals surface area contributed by atoms with Gasteiger partial charge in [0.05, 0.1) is 5.30 Å². The van der Waals surface area contributed by atoms with Crippen molar-refractivity contribution >= 4 is 18.5 Å². The highest BCUT2D eigenvalue weighted by Gasteiger charge is 2.37. The molecule has 1 N–H and O–H groups in total. The molecule has 0 saturated heterocycles. The van der Waals surface area contributed by atoms with Gasteiger partial charge in [0.1, 0.15) is 18.5 Å². The summed E-state index contributed by atoms with van der Waals surface area (Å²) in [6.07, 6.45) is -0.283. The molecule has 20 heavy (non-hydrogen) atoms. The highest BCUT2D eigenvalue weighted by Crippen LogP contribution is 2.54. The number of benzene rings is 2. The fourth-order valence-electron chi connectivity index (χ4n) is 2.37. The van der Waals surface area contributed by atoms with Crippen LogP contribution in [0, 0.1) is 0 Å². The average molecular weight is 288 g/mol. The Hall–Kier alpha value is -1.90. The van der Waals surface area contributed by atoms with Crippen LogP contribution in [0.4, 0.5) is 0 Å². The number of rotatable bonds is 3. The van der Waals surface area contributed by atoms with Crippen molar-refractivity contribution in [2.45, 2.75) is 0 Å². The number of carbonyl (C=O) groups is 1. The van der Waals surface area contributed by atoms with Crippen LogP contribution in [0.5, 0.6) is 5.75 Å². The lowest BCUT2D eigenvalue weighted by molar-refractivity contribution is -0.119. The van der Waals surface area contributed by atoms with Crippen molar-refractivity contribution in [1.82, 2.24) is 0 Å². The van der Waals surface area contributed by atoms with Gasteiger partial charge in [-0.25, -0.2) is 0 Å². The molecule has 5 heteroatoms. The average Bonchev–Trinajstić information content (AvgIpc) is 2.47. The molecule has 0 bridgehead atoms. The van der Waals surface area contributed by atoms with Crippen LogP contribution in [0.1, 0.15) is 0 Å². The van der Waals surface area contributed by atoms with E-state index in [4.69, 9.17) is 9.63 Å². The molecule has 4 nitrogen and oxygen atoms in total. The second-order valence-corrected chi connectivity index (χ2v) is 6.96. The molecule has 2 aromatic rings. The standard InChI is InChI=1S/C15H13O4P/c16-9-11(17)10-20(18)15-8-4-2-6-13(15)12-5-1-3-7-14(12)19-20/h1-8,16H,9-10H2. The van der Waals surface area contributed by atoms with E-state index in [1.165, 1.54) is 0 Å². The highest BCUT2D eigenvalue weighted by atomic mass is 31.2. The van der Waals surface area contributed by atoms with Crippen LogP contribution in [0.2, 0.25) is 0 Å². The summed E-state index contributed by atoms with van der Waals surface area (Å²) in [6.45, 7) is -0.628. The van der Waals surface area contributed by atoms with Crippen molar-refractivity contribution in [2.24, 2.45) is 0 Å². The molecule has 0 amide bonds. The predicted octanol–water partition coefficient (Wildman–Crippen LogP) is 2.21. The van der Waals surface area contributed by atoms with Crippen molar-refractivity contribution in [3.63, 3.8) is 0 Å². The van der Waals surface area contributed by atoms with E-state index < -0.39 is 19.8 Å². The Morgan fingerprint density at radius 2 is 1.70 bits per heavy atom. The van der Waals surface area contributed by atoms with E-state index in [-0.39, 0.29) is 6.16 Å². The summed E-state index contributed by atoms with van der Waals surface area (Å²) in [5.41, 5.74) is 1.69. The zero-order valence-corrected chi connectivity index (χ0v) is 11.5. The van der Waals surface area contributed by atoms with Crippen LogP contribution >= 0.6 is 7.37 Å². The molecule has 0 saturated carbocycles. The molecular weight excluding hydrogens is 275 g/mol. The lowest BCUT2D eigenvalue weighted by Crippen LogP contribution is -2.24. The summed E-state index contributed by atoms with van der Waals surface area (Å²) in [6, 6.07) is 14.5. The zero-order valence-electron chi connectivity index (χ0n) is 10.7. The summed E-state index contributed by atoms with van der Waals surface area (Å²) in [7, 11) is -3.32. The molecule has 0 aromatic heterocycles. The minimum atomic E-state index is -3.32. The maximum Gasteiger partial charge on any atom is 0.285 e. The van der Waals surface area contributed by atoms with Crippen molar-refractivity contribution in [3.8, 4) is 16.9 Å². The third kappa shape index (κ3) is 2.07. The second kappa shape index (κ2) is 4.89. The van der Waals surface area contributed by atoms with Crippen molar-refractivity contribution < 1.29 is 19.0 Å². The molecule has 102 valence electrons. The summed E-state index contributed by atoms with van der Waals surface area (Å²) in [5, 5.41) is 9.44. The van der Waals surface area contributed by atoms with Crippen LogP contribution in [0.15, 0.2) is 48.5 Å². The van der Waals surface area contributed by atoms with Gasteiger partial charge in [0.25, 0.3) is 7.37 Å². The minimum absolute atomic E-state index is 0.283. The van der Waals surface area contributed by atoms with Gasteiger partial charge >= 0.3 is 0 Å². The van der Waals surface area contributed by atoms with Crippen molar-refractivity contribution in [2.75, 3.05) is 12.8 Å². The van der Waals surface area contributed by atoms with Crippen LogP contribution in [-0.4, -0.2) is 23.7 Å². The maximum atomic E-state index is 13.0. The number of fused-ring (bicyclic) bond motifs is 3. The third-order valence-corrected chi connectivity index (χ3v) is 5.64. The molecular formula is C15H13O4P. The Bertz CT molecular complexity index is 723. The zero-order chi connectivity index (χ0) is 14.2. The second-order valence-electron chi connectivity index (χ2n) is 4.63. The Labute approximate surface area is 116 Å². The number of carbonyl (C=O) groups excluding carboxylic acids is 1. The van der Waals surface area contributed by atoms with Crippen LogP contribution in [0.3, 0.4) is 0 Å². The molecule has 1 aliphatic rings. The number of Topliss-reactive ketones (excluding diaryl/α,β-unsaturated/α-hetero) is 1. The Morgan fingerprint density at radius 3 is 2.45 bits per heavy atom. The maximum absolute atomic E-state index is 13.0. The molecule has 3 rings (SSSR count). The van der Waals surface area contributed by atoms with E-state index in [9.17, 15) is 9.36 Å². The van der Waals surface area contributed by atoms with E-state index in [1.54, 1.807) is 24.3 Å². The number of hydrogen-bond donors (Lipinski definition) is 1. The highest BCUT2D eigenvalue weighted by molar-refractivity contribution is 7.68. The molecule has 1 heterocycles. The molecule has 1 atom stereocenters. The smallest absolute Gasteiger partial charge is 0.285 e. The van der Waals surface area contributed by atoms with Gasteiger partial charge in [-0.2, -0.15) is 0 Å². The fourth-order valence-corrected chi connectivity index (χ4v) is 4.62. The van der Waals surface area contributed by atoms with Gasteiger partial charge in [-0.15, -0.1) is 0 Å². The van der Waals surface area contributed by atoms with Crippen molar-refractivity contribution in [3.05, 3.63) is 48.5 Å². The van der Waals surface area contributed by atoms with Crippen LogP contribution < -0.4 is 9.83 Å². The number of aliphatic hydroxyl groups is 1. The molecule has 0 fully saturated rings. The van der Waals surface area contributed by atoms with Crippen LogP contribution in [0.25, 0.3) is 11.1 Å². The quantitative estimate of drug-likeness (QED) is 0.880. The molecule has 0 aliphatic carbocycles. The van der Waals surface area contributed by atoms with E-state index in [0.717, 1.165) is 11.1 Å². The van der Waals surface area contributed by atoms with Gasteiger partial charge in [0, 0.05) is 5.56 Å². The van der Waals surface area contributed by atoms with Gasteiger partial charge in [-0.05, 0) is 17.7 Å². The number of aliphatic hydroxyl groups excluding tert-OH is 1. The molecule has 0 radical (unpaired) electrons. The number of hydrogen-bond acceptors (Lipinski definition) is 4. The van der Waals surface area contributed by atoms with Crippen LogP contribution in [-0.2, 0) is 9.36 Å². The molecule has 2 aromatic carbocycles. The Balaban J connectivity index is 2.18. The molecule has 1 aliphatic heterocycles. The first-order chi connectivity index (χ1) is 9.64. The monoisotopic (exact) mass is 288 g/mol. The number of para-hydroxylation sites is 1. The molecule has 0 spiro atoms. The van der Waals surface area contributed by atoms with Gasteiger partial charge in [0.2, 0.25) is 0 Å². The summed E-state index contributed by atoms with van der Waals surface area (Å²) >= 11 is 0. The van der Waals surface area contributed by atoms with Gasteiger partial charge in [-0.3, -0.25) is 9.36 Å². The normalized spacial score (nSPS) is 19.6. The topological polar surface area (TPSA) is 63.6 Å². The van der Waals surface area contributed by atoms with E-state index in [0.29, 0.717) is 11.1 Å². The van der Waals surface area contributed by atoms with Gasteiger partial charge < -0.3 is 9.63 Å². The first-order valence-corrected chi connectivity index (χ1v) is 8.05. The first kappa shape index (κ1) is 13.1. The Kier molecular flexibility index (Phi) is 3.20. The fraction of sp³-hybridized carbons (Fsp3) is 0.133. The SMILES string of the molecule is O=C(CO)CP1(=O)Oc2ccccc2-c2ccccc21. The molecule has 1 unspecified atom stereocenters. The van der Waals surface area contributed by atoms with E-state index in [1.807, 2.05) is 24.3 Å². The lowest BCUT2D eigenvalue weighted by atomic mass is 10.0. The van der Waals surface area contributed by atoms with E-state index >= 15 is 0 Å². The Morgan fingerprint density at radius 1 is 1.05 bits per heavy atom. The summed E-state index contributed by atoms with van der Waals surface area (Å²) in [4.78, 5) is 11.5. The minimum Gasteiger partial charge on any atom is -0.439 e. The third-order valence-electron chi connectivity index (χ3n) is 3.25. The van der Waals surface area contributed by atoms with Crippen molar-refractivity contribution in [1.29, 1.82) is 0 Å². The summed E-state index contributed by atoms with van der Waals surface area (Å²) in [5.74, 6) is 0.0304. The summed E-state index contributed by atoms with van der Waals surface area (Å²) < 4.78 is 18.7. The first-order valence-electron chi connectivity index (χ1n) is 6.24.